The molecule has 0 fully saturated rings. The largest absolute Gasteiger partial charge is 0.454 e. The van der Waals surface area contributed by atoms with Crippen LogP contribution in [0.5, 0.6) is 23.0 Å². The van der Waals surface area contributed by atoms with E-state index in [1.165, 1.54) is 55.8 Å². The lowest BCUT2D eigenvalue weighted by Gasteiger charge is -2.45. The third kappa shape index (κ3) is 4.33. The molecule has 0 unspecified atom stereocenters. The first-order valence-electron chi connectivity index (χ1n) is 16.8. The third-order valence-electron chi connectivity index (χ3n) is 10.2. The molecular weight excluding hydrogens is 595 g/mol. The standard InChI is InChI=1S/C41H39BN2O4/c1-24-16-33-39-34(17-24)44(28-11-15-36-38(21-28)48-23-46-36)32-13-9-26(41(5,6)7)19-30(32)42(39)29-18-25(40(2,3)4)8-12-31(29)43(33)27-10-14-35-37(20-27)47-22-45-35/h8-21H,22-23H2,1-7H3. The van der Waals surface area contributed by atoms with Gasteiger partial charge in [-0.15, -0.1) is 0 Å². The molecule has 4 heterocycles. The highest BCUT2D eigenvalue weighted by Crippen LogP contribution is 2.48. The molecule has 0 radical (unpaired) electrons. The molecule has 0 amide bonds. The first-order chi connectivity index (χ1) is 23.0. The van der Waals surface area contributed by atoms with Crippen molar-refractivity contribution in [2.24, 2.45) is 0 Å². The fourth-order valence-electron chi connectivity index (χ4n) is 7.68. The molecule has 5 aromatic carbocycles. The lowest BCUT2D eigenvalue weighted by Crippen LogP contribution is -2.61. The zero-order chi connectivity index (χ0) is 33.1. The Morgan fingerprint density at radius 2 is 0.938 bits per heavy atom. The van der Waals surface area contributed by atoms with Crippen molar-refractivity contribution in [3.8, 4) is 23.0 Å². The number of ether oxygens (including phenoxy) is 4. The van der Waals surface area contributed by atoms with Gasteiger partial charge in [0.15, 0.2) is 23.0 Å². The van der Waals surface area contributed by atoms with Crippen molar-refractivity contribution in [1.82, 2.24) is 0 Å². The van der Waals surface area contributed by atoms with Gasteiger partial charge in [0.25, 0.3) is 6.71 Å². The third-order valence-corrected chi connectivity index (χ3v) is 10.2. The summed E-state index contributed by atoms with van der Waals surface area (Å²) in [7, 11) is 0. The van der Waals surface area contributed by atoms with Crippen LogP contribution in [0.1, 0.15) is 58.2 Å². The highest BCUT2D eigenvalue weighted by molar-refractivity contribution is 7.00. The van der Waals surface area contributed by atoms with Crippen LogP contribution in [0, 0.1) is 6.92 Å². The number of anilines is 6. The maximum Gasteiger partial charge on any atom is 0.252 e. The first kappa shape index (κ1) is 29.1. The van der Waals surface area contributed by atoms with Crippen molar-refractivity contribution in [2.45, 2.75) is 59.3 Å². The number of aryl methyl sites for hydroxylation is 1. The van der Waals surface area contributed by atoms with Gasteiger partial charge in [0, 0.05) is 34.9 Å². The minimum Gasteiger partial charge on any atom is -0.454 e. The van der Waals surface area contributed by atoms with E-state index in [0.717, 1.165) is 34.4 Å². The molecule has 5 aromatic rings. The highest BCUT2D eigenvalue weighted by Gasteiger charge is 2.44. The second-order valence-corrected chi connectivity index (χ2v) is 15.4. The van der Waals surface area contributed by atoms with Crippen molar-refractivity contribution < 1.29 is 18.9 Å². The lowest BCUT2D eigenvalue weighted by atomic mass is 9.33. The predicted molar refractivity (Wildman–Crippen MR) is 195 cm³/mol. The number of fused-ring (bicyclic) bond motifs is 6. The maximum atomic E-state index is 5.89. The monoisotopic (exact) mass is 634 g/mol. The van der Waals surface area contributed by atoms with E-state index in [2.05, 4.69) is 131 Å². The quantitative estimate of drug-likeness (QED) is 0.179. The fraction of sp³-hybridized carbons (Fsp3) is 0.268. The average Bonchev–Trinajstić information content (AvgIpc) is 3.72. The van der Waals surface area contributed by atoms with Crippen molar-refractivity contribution in [1.29, 1.82) is 0 Å². The normalized spacial score (nSPS) is 15.4. The van der Waals surface area contributed by atoms with Gasteiger partial charge >= 0.3 is 0 Å². The Balaban J connectivity index is 1.37. The zero-order valence-corrected chi connectivity index (χ0v) is 28.6. The summed E-state index contributed by atoms with van der Waals surface area (Å²) >= 11 is 0. The Morgan fingerprint density at radius 3 is 1.38 bits per heavy atom. The van der Waals surface area contributed by atoms with Gasteiger partial charge in [-0.05, 0) is 99.4 Å². The molecular formula is C41H39BN2O4. The summed E-state index contributed by atoms with van der Waals surface area (Å²) in [5.74, 6) is 3.10. The van der Waals surface area contributed by atoms with Crippen LogP contribution in [0.4, 0.5) is 34.1 Å². The molecule has 4 aliphatic heterocycles. The van der Waals surface area contributed by atoms with E-state index < -0.39 is 0 Å². The van der Waals surface area contributed by atoms with Crippen molar-refractivity contribution in [3.05, 3.63) is 102 Å². The summed E-state index contributed by atoms with van der Waals surface area (Å²) < 4.78 is 23.2. The van der Waals surface area contributed by atoms with E-state index in [1.807, 2.05) is 12.1 Å². The molecule has 7 heteroatoms. The number of hydrogen-bond acceptors (Lipinski definition) is 6. The van der Waals surface area contributed by atoms with Crippen LogP contribution in [0.3, 0.4) is 0 Å². The van der Waals surface area contributed by atoms with Crippen LogP contribution in [0.25, 0.3) is 0 Å². The Morgan fingerprint density at radius 1 is 0.500 bits per heavy atom. The number of benzene rings is 5. The van der Waals surface area contributed by atoms with Crippen molar-refractivity contribution >= 4 is 57.2 Å². The molecule has 9 rings (SSSR count). The van der Waals surface area contributed by atoms with Crippen molar-refractivity contribution in [2.75, 3.05) is 23.4 Å². The minimum absolute atomic E-state index is 0.0156. The van der Waals surface area contributed by atoms with E-state index in [9.17, 15) is 0 Å². The number of hydrogen-bond donors (Lipinski definition) is 0. The Kier molecular flexibility index (Phi) is 6.06. The van der Waals surface area contributed by atoms with Crippen LogP contribution >= 0.6 is 0 Å². The Hall–Kier alpha value is -5.04. The predicted octanol–water partition coefficient (Wildman–Crippen LogP) is 8.13. The smallest absolute Gasteiger partial charge is 0.252 e. The highest BCUT2D eigenvalue weighted by atomic mass is 16.7. The van der Waals surface area contributed by atoms with E-state index >= 15 is 0 Å². The van der Waals surface area contributed by atoms with Gasteiger partial charge in [-0.1, -0.05) is 65.8 Å². The Labute approximate surface area is 282 Å². The molecule has 0 N–H and O–H groups in total. The van der Waals surface area contributed by atoms with Gasteiger partial charge in [-0.25, -0.2) is 0 Å². The van der Waals surface area contributed by atoms with Crippen molar-refractivity contribution in [3.63, 3.8) is 0 Å². The summed E-state index contributed by atoms with van der Waals surface area (Å²) in [6, 6.07) is 31.4. The maximum absolute atomic E-state index is 5.89. The molecule has 48 heavy (non-hydrogen) atoms. The molecule has 0 bridgehead atoms. The lowest BCUT2D eigenvalue weighted by molar-refractivity contribution is 0.173. The second-order valence-electron chi connectivity index (χ2n) is 15.4. The molecule has 0 saturated carbocycles. The van der Waals surface area contributed by atoms with Crippen LogP contribution in [-0.4, -0.2) is 20.3 Å². The van der Waals surface area contributed by atoms with Crippen LogP contribution in [-0.2, 0) is 10.8 Å². The molecule has 0 aliphatic carbocycles. The Bertz CT molecular complexity index is 2010. The summed E-state index contributed by atoms with van der Waals surface area (Å²) in [6.07, 6.45) is 0. The van der Waals surface area contributed by atoms with Gasteiger partial charge in [0.1, 0.15) is 0 Å². The molecule has 0 atom stereocenters. The van der Waals surface area contributed by atoms with Gasteiger partial charge < -0.3 is 28.7 Å². The van der Waals surface area contributed by atoms with Gasteiger partial charge in [-0.2, -0.15) is 0 Å². The van der Waals surface area contributed by atoms with Gasteiger partial charge in [-0.3, -0.25) is 0 Å². The van der Waals surface area contributed by atoms with E-state index in [-0.39, 0.29) is 31.1 Å². The summed E-state index contributed by atoms with van der Waals surface area (Å²) in [5, 5.41) is 0. The minimum atomic E-state index is -0.0156. The van der Waals surface area contributed by atoms with Gasteiger partial charge in [0.05, 0.1) is 11.4 Å². The average molecular weight is 635 g/mol. The van der Waals surface area contributed by atoms with Gasteiger partial charge in [0.2, 0.25) is 13.6 Å². The zero-order valence-electron chi connectivity index (χ0n) is 28.6. The summed E-state index contributed by atoms with van der Waals surface area (Å²) in [6.45, 7) is 16.5. The molecule has 4 aliphatic rings. The molecule has 0 saturated heterocycles. The molecule has 0 spiro atoms. The van der Waals surface area contributed by atoms with E-state index in [4.69, 9.17) is 18.9 Å². The molecule has 0 aromatic heterocycles. The molecule has 240 valence electrons. The topological polar surface area (TPSA) is 43.4 Å². The summed E-state index contributed by atoms with van der Waals surface area (Å²) in [4.78, 5) is 4.84. The summed E-state index contributed by atoms with van der Waals surface area (Å²) in [5.41, 5.74) is 14.5. The van der Waals surface area contributed by atoms with Crippen LogP contribution < -0.4 is 45.1 Å². The van der Waals surface area contributed by atoms with E-state index in [1.54, 1.807) is 0 Å². The van der Waals surface area contributed by atoms with Crippen LogP contribution in [0.2, 0.25) is 0 Å². The molecule has 6 nitrogen and oxygen atoms in total. The number of rotatable bonds is 2. The fourth-order valence-corrected chi connectivity index (χ4v) is 7.68. The first-order valence-corrected chi connectivity index (χ1v) is 16.8. The SMILES string of the molecule is Cc1cc2c3c(c1)N(c1ccc4c(c1)OCO4)c1ccc(C(C)(C)C)cc1B3c1cc(C(C)(C)C)ccc1N2c1ccc2c(c1)OCO2. The van der Waals surface area contributed by atoms with E-state index in [0.29, 0.717) is 0 Å². The second kappa shape index (κ2) is 9.99. The van der Waals surface area contributed by atoms with Crippen LogP contribution in [0.15, 0.2) is 84.9 Å². The number of nitrogens with zero attached hydrogens (tertiary/aromatic N) is 2.